The molecule has 3 aliphatic carbocycles. The summed E-state index contributed by atoms with van der Waals surface area (Å²) in [5.74, 6) is -0.238. The van der Waals surface area contributed by atoms with Gasteiger partial charge in [-0.1, -0.05) is 74.8 Å². The molecule has 3 aromatic rings. The van der Waals surface area contributed by atoms with E-state index in [0.717, 1.165) is 61.0 Å². The maximum Gasteiger partial charge on any atom is 0.350 e. The third-order valence-corrected chi connectivity index (χ3v) is 15.4. The second kappa shape index (κ2) is 20.7. The van der Waals surface area contributed by atoms with Crippen molar-refractivity contribution in [1.82, 2.24) is 20.6 Å². The number of hydrogen-bond donors (Lipinski definition) is 6. The maximum atomic E-state index is 15.7. The Labute approximate surface area is 395 Å². The lowest BCUT2D eigenvalue weighted by Gasteiger charge is -2.43. The standard InChI is InChI=1S/C54H70N6O7/c1-5-57-44-26-38-13-8-12-37-11-6-7-22-52(3,28-36-19-20-46(55)59-31-36)29-39-14-9-15-41-48(39)50(64)54(51(65)66-45(16-10-24-61)43(44)27-42(37)38)53(67-54,49(41)63)30-40(32-62)34(2)17-18-35-21-23-58-47(25-35)60-33-56-4/h8-9,13-15,19-21,23,25-26,31,37,42-45,56-57,61-62H,5-7,10-12,16-18,22,24,27-30,32-33H2,1-4H3,(H2,55,59)(H,58,60). The van der Waals surface area contributed by atoms with Crippen LogP contribution in [0.15, 0.2) is 89.8 Å². The molecule has 4 bridgehead atoms. The van der Waals surface area contributed by atoms with Crippen LogP contribution in [0.5, 0.6) is 0 Å². The molecule has 2 aliphatic heterocycles. The van der Waals surface area contributed by atoms with Crippen LogP contribution >= 0.6 is 0 Å². The highest BCUT2D eigenvalue weighted by molar-refractivity contribution is 6.33. The van der Waals surface area contributed by atoms with Crippen LogP contribution in [0.3, 0.4) is 0 Å². The molecule has 7 N–H and O–H groups in total. The first-order chi connectivity index (χ1) is 32.4. The average Bonchev–Trinajstić information content (AvgIpc) is 4.03. The van der Waals surface area contributed by atoms with Gasteiger partial charge in [-0.15, -0.1) is 0 Å². The van der Waals surface area contributed by atoms with Crippen molar-refractivity contribution in [3.8, 4) is 0 Å². The highest BCUT2D eigenvalue weighted by Gasteiger charge is 2.86. The Morgan fingerprint density at radius 3 is 2.66 bits per heavy atom. The SMILES string of the molecule is CCNC1C=C2C=CCC3CCCCC(C)(Cc4ccc(N)nc4)Cc4cccc5c4C(=O)C4(OC4(CC(CO)=C(C)CCc4ccnc(NCNC)c4)C5=O)C(=O)OC(CCCO)C1CC23. The van der Waals surface area contributed by atoms with Crippen LogP contribution in [-0.4, -0.2) is 94.5 Å². The molecule has 13 nitrogen and oxygen atoms in total. The quantitative estimate of drug-likeness (QED) is 0.0282. The predicted octanol–water partition coefficient (Wildman–Crippen LogP) is 7.03. The molecule has 1 fully saturated rings. The van der Waals surface area contributed by atoms with Crippen molar-refractivity contribution in [2.75, 3.05) is 44.5 Å². The molecule has 13 heteroatoms. The summed E-state index contributed by atoms with van der Waals surface area (Å²) in [6.07, 6.45) is 18.3. The fourth-order valence-corrected chi connectivity index (χ4v) is 11.8. The Hall–Kier alpha value is -5.05. The second-order valence-electron chi connectivity index (χ2n) is 20.0. The van der Waals surface area contributed by atoms with Crippen LogP contribution in [-0.2, 0) is 33.5 Å². The Morgan fingerprint density at radius 2 is 1.90 bits per heavy atom. The molecule has 8 atom stereocenters. The average molecular weight is 915 g/mol. The number of fused-ring (bicyclic) bond motifs is 1. The molecule has 0 amide bonds. The minimum atomic E-state index is -2.27. The van der Waals surface area contributed by atoms with Crippen LogP contribution in [0.4, 0.5) is 11.6 Å². The third kappa shape index (κ3) is 9.81. The van der Waals surface area contributed by atoms with Gasteiger partial charge in [0, 0.05) is 48.5 Å². The summed E-state index contributed by atoms with van der Waals surface area (Å²) in [6, 6.07) is 13.0. The zero-order chi connectivity index (χ0) is 47.3. The van der Waals surface area contributed by atoms with E-state index in [-0.39, 0.29) is 47.4 Å². The van der Waals surface area contributed by atoms with Crippen molar-refractivity contribution in [2.45, 2.75) is 128 Å². The van der Waals surface area contributed by atoms with Gasteiger partial charge in [0.25, 0.3) is 5.60 Å². The fraction of sp³-hybridized carbons (Fsp3) is 0.537. The number of ether oxygens (including phenoxy) is 2. The molecule has 67 heavy (non-hydrogen) atoms. The number of rotatable bonds is 16. The highest BCUT2D eigenvalue weighted by atomic mass is 16.7. The molecule has 2 aromatic heterocycles. The summed E-state index contributed by atoms with van der Waals surface area (Å²) in [6.45, 7) is 6.99. The number of nitrogens with two attached hydrogens (primary N) is 1. The number of aliphatic hydroxyl groups excluding tert-OH is 2. The number of benzene rings is 1. The molecular weight excluding hydrogens is 845 g/mol. The number of aryl methyl sites for hydroxylation is 1. The number of allylic oxidation sites excluding steroid dienone is 4. The van der Waals surface area contributed by atoms with Crippen LogP contribution in [0.25, 0.3) is 0 Å². The Kier molecular flexibility index (Phi) is 14.9. The van der Waals surface area contributed by atoms with Crippen LogP contribution in [0.1, 0.15) is 122 Å². The van der Waals surface area contributed by atoms with E-state index in [2.05, 4.69) is 58.0 Å². The molecule has 1 aromatic carbocycles. The number of nitrogen functional groups attached to an aromatic ring is 1. The normalized spacial score (nSPS) is 29.6. The van der Waals surface area contributed by atoms with E-state index in [4.69, 9.17) is 15.2 Å². The number of aromatic nitrogens is 2. The zero-order valence-corrected chi connectivity index (χ0v) is 39.7. The van der Waals surface area contributed by atoms with E-state index in [0.29, 0.717) is 74.6 Å². The number of epoxide rings is 1. The first-order valence-electron chi connectivity index (χ1n) is 24.6. The number of likely N-dealkylation sites (N-methyl/N-ethyl adjacent to an activating group) is 1. The zero-order valence-electron chi connectivity index (χ0n) is 39.7. The van der Waals surface area contributed by atoms with E-state index in [1.807, 2.05) is 56.6 Å². The van der Waals surface area contributed by atoms with Crippen molar-refractivity contribution in [2.24, 2.45) is 23.2 Å². The highest BCUT2D eigenvalue weighted by Crippen LogP contribution is 2.60. The van der Waals surface area contributed by atoms with Gasteiger partial charge in [0.1, 0.15) is 17.7 Å². The minimum absolute atomic E-state index is 0.0926. The van der Waals surface area contributed by atoms with E-state index < -0.39 is 41.4 Å². The number of cyclic esters (lactones) is 1. The van der Waals surface area contributed by atoms with Gasteiger partial charge in [0.2, 0.25) is 5.78 Å². The van der Waals surface area contributed by atoms with Crippen LogP contribution in [0, 0.1) is 23.2 Å². The van der Waals surface area contributed by atoms with Crippen molar-refractivity contribution < 1.29 is 34.1 Å². The molecule has 4 heterocycles. The number of nitrogens with zero attached hydrogens (tertiary/aromatic N) is 2. The van der Waals surface area contributed by atoms with Crippen LogP contribution < -0.4 is 21.7 Å². The smallest absolute Gasteiger partial charge is 0.350 e. The number of aliphatic hydroxyl groups is 2. The minimum Gasteiger partial charge on any atom is -0.459 e. The first-order valence-corrected chi connectivity index (χ1v) is 24.6. The van der Waals surface area contributed by atoms with Gasteiger partial charge >= 0.3 is 5.97 Å². The number of anilines is 2. The van der Waals surface area contributed by atoms with Gasteiger partial charge in [-0.25, -0.2) is 14.8 Å². The molecule has 8 rings (SSSR count). The number of pyridine rings is 2. The molecule has 5 aliphatic rings. The summed E-state index contributed by atoms with van der Waals surface area (Å²) in [7, 11) is 1.85. The number of ketones is 2. The topological polar surface area (TPSA) is 201 Å². The summed E-state index contributed by atoms with van der Waals surface area (Å²) in [5.41, 5.74) is 7.30. The van der Waals surface area contributed by atoms with Crippen molar-refractivity contribution in [3.05, 3.63) is 118 Å². The van der Waals surface area contributed by atoms with Gasteiger partial charge in [0.05, 0.1) is 13.3 Å². The second-order valence-corrected chi connectivity index (χ2v) is 20.0. The maximum absolute atomic E-state index is 15.7. The molecule has 1 saturated heterocycles. The van der Waals surface area contributed by atoms with Gasteiger partial charge in [-0.2, -0.15) is 0 Å². The van der Waals surface area contributed by atoms with Crippen molar-refractivity contribution >= 4 is 29.2 Å². The molecule has 0 saturated carbocycles. The van der Waals surface area contributed by atoms with Gasteiger partial charge in [-0.3, -0.25) is 9.59 Å². The summed E-state index contributed by atoms with van der Waals surface area (Å²) in [4.78, 5) is 55.4. The lowest BCUT2D eigenvalue weighted by atomic mass is 9.66. The summed E-state index contributed by atoms with van der Waals surface area (Å²) < 4.78 is 13.3. The number of carbonyl (C=O) groups is 3. The Bertz CT molecular complexity index is 2400. The molecule has 358 valence electrons. The number of Topliss-reactive ketones (excluding diaryl/α,β-unsaturated/α-hetero) is 2. The van der Waals surface area contributed by atoms with E-state index in [1.54, 1.807) is 12.3 Å². The molecular formula is C54H70N6O7. The summed E-state index contributed by atoms with van der Waals surface area (Å²) in [5, 5.41) is 31.2. The van der Waals surface area contributed by atoms with Crippen molar-refractivity contribution in [1.29, 1.82) is 0 Å². The predicted molar refractivity (Wildman–Crippen MR) is 259 cm³/mol. The largest absolute Gasteiger partial charge is 0.459 e. The number of esters is 1. The fourth-order valence-electron chi connectivity index (χ4n) is 11.8. The lowest BCUT2D eigenvalue weighted by molar-refractivity contribution is -0.158. The Morgan fingerprint density at radius 1 is 1.04 bits per heavy atom. The number of nitrogens with one attached hydrogen (secondary N) is 3. The number of hydrogen-bond acceptors (Lipinski definition) is 13. The van der Waals surface area contributed by atoms with Crippen molar-refractivity contribution in [3.63, 3.8) is 0 Å². The molecule has 1 spiro atoms. The van der Waals surface area contributed by atoms with E-state index in [1.165, 1.54) is 5.57 Å². The summed E-state index contributed by atoms with van der Waals surface area (Å²) >= 11 is 0. The van der Waals surface area contributed by atoms with E-state index >= 15 is 14.4 Å². The van der Waals surface area contributed by atoms with E-state index in [9.17, 15) is 10.2 Å². The van der Waals surface area contributed by atoms with Gasteiger partial charge in [0.15, 0.2) is 11.4 Å². The lowest BCUT2D eigenvalue weighted by Crippen LogP contribution is -2.53. The first kappa shape index (κ1) is 48.4. The number of carbonyl (C=O) groups excluding carboxylic acids is 3. The molecule has 8 unspecified atom stereocenters. The Balaban J connectivity index is 1.22. The van der Waals surface area contributed by atoms with Gasteiger partial charge < -0.3 is 41.4 Å². The third-order valence-electron chi connectivity index (χ3n) is 15.4. The monoisotopic (exact) mass is 915 g/mol. The van der Waals surface area contributed by atoms with Gasteiger partial charge in [-0.05, 0) is 148 Å². The molecule has 0 radical (unpaired) electrons. The van der Waals surface area contributed by atoms with Crippen LogP contribution in [0.2, 0.25) is 0 Å².